The number of halogens is 2. The molecule has 0 unspecified atom stereocenters. The number of hydrogen-bond acceptors (Lipinski definition) is 6. The second-order valence-corrected chi connectivity index (χ2v) is 8.25. The van der Waals surface area contributed by atoms with Crippen molar-refractivity contribution < 1.29 is 23.8 Å². The lowest BCUT2D eigenvalue weighted by Crippen LogP contribution is -2.38. The van der Waals surface area contributed by atoms with Crippen molar-refractivity contribution in [3.8, 4) is 17.2 Å². The van der Waals surface area contributed by atoms with E-state index in [1.165, 1.54) is 12.2 Å². The molecular formula is C23H19BrClN3O5. The zero-order chi connectivity index (χ0) is 23.5. The number of hydroxylamine groups is 2. The van der Waals surface area contributed by atoms with Gasteiger partial charge in [-0.1, -0.05) is 23.7 Å². The first-order chi connectivity index (χ1) is 15.9. The Bertz CT molecular complexity index is 1220. The lowest BCUT2D eigenvalue weighted by molar-refractivity contribution is -0.114. The number of carbonyl (C=O) groups is 1. The van der Waals surface area contributed by atoms with Gasteiger partial charge in [0.05, 0.1) is 22.2 Å². The zero-order valence-corrected chi connectivity index (χ0v) is 20.1. The number of rotatable bonds is 7. The Morgan fingerprint density at radius 1 is 1.21 bits per heavy atom. The van der Waals surface area contributed by atoms with Crippen LogP contribution in [0.4, 0.5) is 0 Å². The molecule has 10 heteroatoms. The molecule has 0 spiro atoms. The number of fused-ring (bicyclic) bond motifs is 1. The van der Waals surface area contributed by atoms with Gasteiger partial charge >= 0.3 is 0 Å². The molecule has 2 aliphatic rings. The van der Waals surface area contributed by atoms with Gasteiger partial charge in [0.15, 0.2) is 23.2 Å². The lowest BCUT2D eigenvalue weighted by atomic mass is 10.1. The minimum Gasteiger partial charge on any atom is -0.493 e. The molecule has 1 amide bonds. The van der Waals surface area contributed by atoms with Gasteiger partial charge in [0.1, 0.15) is 24.7 Å². The molecule has 33 heavy (non-hydrogen) atoms. The van der Waals surface area contributed by atoms with Crippen molar-refractivity contribution in [2.24, 2.45) is 4.99 Å². The Kier molecular flexibility index (Phi) is 6.71. The number of ether oxygens (including phenoxy) is 3. The van der Waals surface area contributed by atoms with Gasteiger partial charge in [-0.15, -0.1) is 5.06 Å². The maximum absolute atomic E-state index is 12.5. The Morgan fingerprint density at radius 2 is 1.97 bits per heavy atom. The van der Waals surface area contributed by atoms with Gasteiger partial charge in [-0.2, -0.15) is 4.99 Å². The summed E-state index contributed by atoms with van der Waals surface area (Å²) < 4.78 is 17.6. The molecule has 0 atom stereocenters. The molecule has 0 aliphatic carbocycles. The van der Waals surface area contributed by atoms with Crippen molar-refractivity contribution in [2.45, 2.75) is 6.92 Å². The normalized spacial score (nSPS) is 16.2. The third kappa shape index (κ3) is 4.89. The first-order valence-corrected chi connectivity index (χ1v) is 11.0. The van der Waals surface area contributed by atoms with Gasteiger partial charge in [0, 0.05) is 6.08 Å². The predicted molar refractivity (Wildman–Crippen MR) is 128 cm³/mol. The second kappa shape index (κ2) is 9.68. The molecule has 0 bridgehead atoms. The summed E-state index contributed by atoms with van der Waals surface area (Å²) in [6.07, 6.45) is 3.16. The van der Waals surface area contributed by atoms with Crippen molar-refractivity contribution in [2.75, 3.05) is 20.3 Å². The van der Waals surface area contributed by atoms with Gasteiger partial charge in [-0.3, -0.25) is 10.2 Å². The quantitative estimate of drug-likeness (QED) is 0.398. The maximum atomic E-state index is 12.5. The molecule has 2 aliphatic heterocycles. The molecular weight excluding hydrogens is 514 g/mol. The average Bonchev–Trinajstić information content (AvgIpc) is 3.16. The Morgan fingerprint density at radius 3 is 2.73 bits per heavy atom. The SMILES string of the molecule is COc1cc(/C=C2\C(=N)N3OC(C)=CC3=NC2=O)cc(Br)c1OCCOc1ccccc1Cl. The van der Waals surface area contributed by atoms with E-state index < -0.39 is 5.91 Å². The highest BCUT2D eigenvalue weighted by molar-refractivity contribution is 9.10. The van der Waals surface area contributed by atoms with Crippen LogP contribution in [0.5, 0.6) is 17.2 Å². The summed E-state index contributed by atoms with van der Waals surface area (Å²) in [7, 11) is 1.52. The van der Waals surface area contributed by atoms with Crippen LogP contribution in [0.15, 0.2) is 63.3 Å². The summed E-state index contributed by atoms with van der Waals surface area (Å²) in [4.78, 5) is 21.9. The molecule has 8 nitrogen and oxygen atoms in total. The standard InChI is InChI=1S/C23H19BrClN3O5/c1-13-9-20-27-23(29)15(22(26)28(20)33-13)10-14-11-16(24)21(19(12-14)30-2)32-8-7-31-18-6-4-3-5-17(18)25/h3-6,9-12,26H,7-8H2,1-2H3/b15-10+,26-22?. The van der Waals surface area contributed by atoms with Crippen molar-refractivity contribution >= 4 is 51.2 Å². The molecule has 0 saturated heterocycles. The van der Waals surface area contributed by atoms with E-state index in [9.17, 15) is 4.79 Å². The van der Waals surface area contributed by atoms with Crippen LogP contribution in [0, 0.1) is 5.41 Å². The van der Waals surface area contributed by atoms with E-state index in [0.29, 0.717) is 43.9 Å². The summed E-state index contributed by atoms with van der Waals surface area (Å²) in [5.74, 6) is 1.74. The highest BCUT2D eigenvalue weighted by Crippen LogP contribution is 2.37. The summed E-state index contributed by atoms with van der Waals surface area (Å²) in [5, 5.41) is 10.1. The number of para-hydroxylation sites is 1. The summed E-state index contributed by atoms with van der Waals surface area (Å²) in [5.41, 5.74) is 0.714. The molecule has 0 saturated carbocycles. The van der Waals surface area contributed by atoms with Crippen LogP contribution < -0.4 is 14.2 Å². The molecule has 2 heterocycles. The fourth-order valence-electron chi connectivity index (χ4n) is 3.19. The van der Waals surface area contributed by atoms with E-state index in [2.05, 4.69) is 20.9 Å². The topological polar surface area (TPSA) is 93.4 Å². The second-order valence-electron chi connectivity index (χ2n) is 6.98. The third-order valence-corrected chi connectivity index (χ3v) is 5.57. The van der Waals surface area contributed by atoms with E-state index in [0.717, 1.165) is 0 Å². The summed E-state index contributed by atoms with van der Waals surface area (Å²) >= 11 is 9.58. The molecule has 0 aromatic heterocycles. The van der Waals surface area contributed by atoms with E-state index in [-0.39, 0.29) is 24.6 Å². The molecule has 2 aromatic carbocycles. The van der Waals surface area contributed by atoms with E-state index in [4.69, 9.17) is 36.1 Å². The first kappa shape index (κ1) is 22.9. The Hall–Kier alpha value is -3.30. The number of nitrogens with zero attached hydrogens (tertiary/aromatic N) is 2. The molecule has 2 aromatic rings. The number of hydrogen-bond donors (Lipinski definition) is 1. The average molecular weight is 533 g/mol. The number of methoxy groups -OCH3 is 1. The minimum atomic E-state index is -0.520. The van der Waals surface area contributed by atoms with Gasteiger partial charge in [-0.25, -0.2) is 0 Å². The smallest absolute Gasteiger partial charge is 0.282 e. The van der Waals surface area contributed by atoms with Crippen LogP contribution >= 0.6 is 27.5 Å². The number of allylic oxidation sites excluding steroid dienone is 1. The summed E-state index contributed by atoms with van der Waals surface area (Å²) in [6, 6.07) is 10.7. The number of amides is 1. The fourth-order valence-corrected chi connectivity index (χ4v) is 3.95. The van der Waals surface area contributed by atoms with E-state index in [1.54, 1.807) is 43.3 Å². The van der Waals surface area contributed by atoms with Crippen LogP contribution in [0.1, 0.15) is 12.5 Å². The predicted octanol–water partition coefficient (Wildman–Crippen LogP) is 5.02. The van der Waals surface area contributed by atoms with Crippen LogP contribution in [-0.2, 0) is 9.63 Å². The monoisotopic (exact) mass is 531 g/mol. The van der Waals surface area contributed by atoms with Crippen LogP contribution in [0.25, 0.3) is 6.08 Å². The fraction of sp³-hybridized carbons (Fsp3) is 0.174. The van der Waals surface area contributed by atoms with Gasteiger partial charge in [0.2, 0.25) is 0 Å². The third-order valence-electron chi connectivity index (χ3n) is 4.67. The Balaban J connectivity index is 1.49. The highest BCUT2D eigenvalue weighted by atomic mass is 79.9. The molecule has 0 radical (unpaired) electrons. The zero-order valence-electron chi connectivity index (χ0n) is 17.7. The van der Waals surface area contributed by atoms with E-state index in [1.807, 2.05) is 12.1 Å². The van der Waals surface area contributed by atoms with Gasteiger partial charge < -0.3 is 19.0 Å². The number of aliphatic imine (C=N–C) groups is 1. The number of carbonyl (C=O) groups excluding carboxylic acids is 1. The molecule has 4 rings (SSSR count). The van der Waals surface area contributed by atoms with Crippen molar-refractivity contribution in [1.82, 2.24) is 5.06 Å². The largest absolute Gasteiger partial charge is 0.493 e. The summed E-state index contributed by atoms with van der Waals surface area (Å²) in [6.45, 7) is 2.25. The van der Waals surface area contributed by atoms with Crippen LogP contribution in [-0.4, -0.2) is 43.0 Å². The van der Waals surface area contributed by atoms with Crippen molar-refractivity contribution in [3.63, 3.8) is 0 Å². The van der Waals surface area contributed by atoms with Gasteiger partial charge in [0.25, 0.3) is 5.91 Å². The maximum Gasteiger partial charge on any atom is 0.282 e. The van der Waals surface area contributed by atoms with Crippen molar-refractivity contribution in [3.05, 3.63) is 68.9 Å². The molecule has 170 valence electrons. The molecule has 1 N–H and O–H groups in total. The molecule has 0 fully saturated rings. The minimum absolute atomic E-state index is 0.0924. The lowest BCUT2D eigenvalue weighted by Gasteiger charge is -2.23. The van der Waals surface area contributed by atoms with E-state index >= 15 is 0 Å². The van der Waals surface area contributed by atoms with Crippen molar-refractivity contribution in [1.29, 1.82) is 5.41 Å². The number of amidine groups is 2. The van der Waals surface area contributed by atoms with Crippen LogP contribution in [0.3, 0.4) is 0 Å². The Labute approximate surface area is 203 Å². The van der Waals surface area contributed by atoms with Gasteiger partial charge in [-0.05, 0) is 58.8 Å². The number of nitrogens with one attached hydrogen (secondary N) is 1. The first-order valence-electron chi connectivity index (χ1n) is 9.85. The van der Waals surface area contributed by atoms with Crippen LogP contribution in [0.2, 0.25) is 5.02 Å². The highest BCUT2D eigenvalue weighted by Gasteiger charge is 2.34. The number of benzene rings is 2.